The van der Waals surface area contributed by atoms with Crippen LogP contribution in [0.15, 0.2) is 48.6 Å². The van der Waals surface area contributed by atoms with Gasteiger partial charge in [-0.2, -0.15) is 0 Å². The van der Waals surface area contributed by atoms with Crippen molar-refractivity contribution < 1.29 is 28.6 Å². The number of esters is 3. The minimum atomic E-state index is -0.781. The molecule has 6 nitrogen and oxygen atoms in total. The standard InChI is InChI=1S/C71H130O6/c1-4-7-10-13-16-19-22-25-27-29-31-33-34-35-36-38-39-41-43-46-49-52-55-58-61-64-70(73)76-67-68(66-75-69(72)63-60-57-54-51-48-45-24-21-18-15-12-9-6-3)77-71(74)65-62-59-56-53-50-47-44-42-40-37-32-30-28-26-23-20-17-14-11-8-5-2/h12,15,21,23-24,26,30,32,68H,4-11,13-14,16-20,22,25,27-29,31,33-67H2,1-3H3/b15-12-,24-21-,26-23-,32-30-. The molecule has 0 spiro atoms. The van der Waals surface area contributed by atoms with Crippen LogP contribution in [0.4, 0.5) is 0 Å². The van der Waals surface area contributed by atoms with Crippen LogP contribution in [0.3, 0.4) is 0 Å². The molecule has 0 aromatic heterocycles. The predicted octanol–water partition coefficient (Wildman–Crippen LogP) is 23.3. The van der Waals surface area contributed by atoms with Gasteiger partial charge in [0.1, 0.15) is 13.2 Å². The minimum absolute atomic E-state index is 0.0757. The summed E-state index contributed by atoms with van der Waals surface area (Å²) in [6.07, 6.45) is 82.8. The summed E-state index contributed by atoms with van der Waals surface area (Å²) < 4.78 is 17.0. The fraction of sp³-hybridized carbons (Fsp3) is 0.845. The number of carbonyl (C=O) groups excluding carboxylic acids is 3. The largest absolute Gasteiger partial charge is 0.462 e. The van der Waals surface area contributed by atoms with E-state index >= 15 is 0 Å². The smallest absolute Gasteiger partial charge is 0.306 e. The molecule has 0 radical (unpaired) electrons. The summed E-state index contributed by atoms with van der Waals surface area (Å²) in [5.41, 5.74) is 0. The van der Waals surface area contributed by atoms with E-state index in [9.17, 15) is 14.4 Å². The lowest BCUT2D eigenvalue weighted by molar-refractivity contribution is -0.167. The molecule has 450 valence electrons. The van der Waals surface area contributed by atoms with Crippen molar-refractivity contribution in [2.24, 2.45) is 0 Å². The summed E-state index contributed by atoms with van der Waals surface area (Å²) in [6, 6.07) is 0. The molecule has 0 aliphatic carbocycles. The van der Waals surface area contributed by atoms with Gasteiger partial charge in [0.15, 0.2) is 6.10 Å². The maximum absolute atomic E-state index is 12.9. The summed E-state index contributed by atoms with van der Waals surface area (Å²) in [7, 11) is 0. The Morgan fingerprint density at radius 3 is 0.766 bits per heavy atom. The molecule has 1 unspecified atom stereocenters. The normalized spacial score (nSPS) is 12.3. The lowest BCUT2D eigenvalue weighted by atomic mass is 10.0. The van der Waals surface area contributed by atoms with E-state index in [4.69, 9.17) is 14.2 Å². The van der Waals surface area contributed by atoms with Crippen molar-refractivity contribution >= 4 is 17.9 Å². The molecule has 0 N–H and O–H groups in total. The lowest BCUT2D eigenvalue weighted by Gasteiger charge is -2.18. The summed E-state index contributed by atoms with van der Waals surface area (Å²) in [5.74, 6) is -0.872. The average molecular weight is 1080 g/mol. The molecule has 0 saturated heterocycles. The first-order valence-electron chi connectivity index (χ1n) is 34.1. The first kappa shape index (κ1) is 74.4. The van der Waals surface area contributed by atoms with Gasteiger partial charge in [0.25, 0.3) is 0 Å². The van der Waals surface area contributed by atoms with E-state index in [1.165, 1.54) is 238 Å². The number of carbonyl (C=O) groups is 3. The van der Waals surface area contributed by atoms with E-state index in [0.717, 1.165) is 89.9 Å². The van der Waals surface area contributed by atoms with Gasteiger partial charge < -0.3 is 14.2 Å². The first-order valence-corrected chi connectivity index (χ1v) is 34.1. The van der Waals surface area contributed by atoms with Gasteiger partial charge in [-0.25, -0.2) is 0 Å². The second-order valence-electron chi connectivity index (χ2n) is 23.1. The molecule has 0 bridgehead atoms. The van der Waals surface area contributed by atoms with Gasteiger partial charge in [0, 0.05) is 19.3 Å². The van der Waals surface area contributed by atoms with Crippen LogP contribution in [-0.4, -0.2) is 37.2 Å². The van der Waals surface area contributed by atoms with Gasteiger partial charge in [-0.1, -0.05) is 320 Å². The molecule has 0 aliphatic rings. The molecular formula is C71H130O6. The second kappa shape index (κ2) is 65.9. The maximum Gasteiger partial charge on any atom is 0.306 e. The lowest BCUT2D eigenvalue weighted by Crippen LogP contribution is -2.30. The maximum atomic E-state index is 12.9. The van der Waals surface area contributed by atoms with Crippen molar-refractivity contribution in [2.75, 3.05) is 13.2 Å². The third-order valence-electron chi connectivity index (χ3n) is 15.3. The Morgan fingerprint density at radius 2 is 0.494 bits per heavy atom. The van der Waals surface area contributed by atoms with E-state index in [0.29, 0.717) is 19.3 Å². The highest BCUT2D eigenvalue weighted by Crippen LogP contribution is 2.18. The van der Waals surface area contributed by atoms with Crippen LogP contribution in [0.25, 0.3) is 0 Å². The van der Waals surface area contributed by atoms with Gasteiger partial charge in [-0.3, -0.25) is 14.4 Å². The molecule has 1 atom stereocenters. The summed E-state index contributed by atoms with van der Waals surface area (Å²) >= 11 is 0. The molecule has 0 saturated carbocycles. The molecule has 6 heteroatoms. The van der Waals surface area contributed by atoms with Crippen LogP contribution in [-0.2, 0) is 28.6 Å². The molecule has 0 amide bonds. The number of rotatable bonds is 63. The third-order valence-corrected chi connectivity index (χ3v) is 15.3. The number of hydrogen-bond acceptors (Lipinski definition) is 6. The number of allylic oxidation sites excluding steroid dienone is 8. The number of ether oxygens (including phenoxy) is 3. The molecule has 0 heterocycles. The van der Waals surface area contributed by atoms with Crippen LogP contribution < -0.4 is 0 Å². The number of unbranched alkanes of at least 4 members (excludes halogenated alkanes) is 44. The Hall–Kier alpha value is -2.63. The van der Waals surface area contributed by atoms with Crippen molar-refractivity contribution in [3.63, 3.8) is 0 Å². The molecule has 0 aromatic carbocycles. The fourth-order valence-corrected chi connectivity index (χ4v) is 10.2. The first-order chi connectivity index (χ1) is 38.0. The topological polar surface area (TPSA) is 78.9 Å². The quantitative estimate of drug-likeness (QED) is 0.0261. The molecule has 0 aliphatic heterocycles. The van der Waals surface area contributed by atoms with Crippen molar-refractivity contribution in [2.45, 2.75) is 374 Å². The Kier molecular flexibility index (Phi) is 63.6. The highest BCUT2D eigenvalue weighted by Gasteiger charge is 2.19. The Balaban J connectivity index is 4.25. The molecule has 0 fully saturated rings. The third kappa shape index (κ3) is 64.1. The van der Waals surface area contributed by atoms with E-state index in [1.807, 2.05) is 0 Å². The van der Waals surface area contributed by atoms with E-state index in [1.54, 1.807) is 0 Å². The van der Waals surface area contributed by atoms with E-state index in [-0.39, 0.29) is 31.1 Å². The highest BCUT2D eigenvalue weighted by molar-refractivity contribution is 5.71. The zero-order chi connectivity index (χ0) is 55.7. The van der Waals surface area contributed by atoms with Crippen molar-refractivity contribution in [3.8, 4) is 0 Å². The average Bonchev–Trinajstić information content (AvgIpc) is 3.43. The SMILES string of the molecule is CCC/C=C\C/C=C\CCCCCCCC(=O)OCC(COC(=O)CCCCCCCCCCCCCCCCCCCCCCCCCCC)OC(=O)CCCCCCCCCCC/C=C\C/C=C\CCCCCCC. The van der Waals surface area contributed by atoms with Gasteiger partial charge in [0.05, 0.1) is 0 Å². The van der Waals surface area contributed by atoms with Crippen LogP contribution in [0.5, 0.6) is 0 Å². The van der Waals surface area contributed by atoms with Crippen LogP contribution in [0.1, 0.15) is 367 Å². The van der Waals surface area contributed by atoms with Gasteiger partial charge in [-0.15, -0.1) is 0 Å². The Morgan fingerprint density at radius 1 is 0.260 bits per heavy atom. The van der Waals surface area contributed by atoms with Gasteiger partial charge in [0.2, 0.25) is 0 Å². The zero-order valence-electron chi connectivity index (χ0n) is 51.7. The highest BCUT2D eigenvalue weighted by atomic mass is 16.6. The molecule has 0 rings (SSSR count). The van der Waals surface area contributed by atoms with Gasteiger partial charge >= 0.3 is 17.9 Å². The van der Waals surface area contributed by atoms with Crippen LogP contribution in [0, 0.1) is 0 Å². The summed E-state index contributed by atoms with van der Waals surface area (Å²) in [5, 5.41) is 0. The van der Waals surface area contributed by atoms with Crippen LogP contribution >= 0.6 is 0 Å². The van der Waals surface area contributed by atoms with Gasteiger partial charge in [-0.05, 0) is 77.0 Å². The summed E-state index contributed by atoms with van der Waals surface area (Å²) in [6.45, 7) is 6.61. The van der Waals surface area contributed by atoms with Crippen LogP contribution in [0.2, 0.25) is 0 Å². The van der Waals surface area contributed by atoms with E-state index in [2.05, 4.69) is 69.4 Å². The molecular weight excluding hydrogens is 949 g/mol. The van der Waals surface area contributed by atoms with Crippen molar-refractivity contribution in [3.05, 3.63) is 48.6 Å². The van der Waals surface area contributed by atoms with E-state index < -0.39 is 6.10 Å². The minimum Gasteiger partial charge on any atom is -0.462 e. The Bertz CT molecular complexity index is 1330. The summed E-state index contributed by atoms with van der Waals surface area (Å²) in [4.78, 5) is 38.4. The van der Waals surface area contributed by atoms with Crippen molar-refractivity contribution in [1.29, 1.82) is 0 Å². The zero-order valence-corrected chi connectivity index (χ0v) is 51.7. The number of hydrogen-bond donors (Lipinski definition) is 0. The van der Waals surface area contributed by atoms with Crippen molar-refractivity contribution in [1.82, 2.24) is 0 Å². The fourth-order valence-electron chi connectivity index (χ4n) is 10.2. The second-order valence-corrected chi connectivity index (χ2v) is 23.1. The molecule has 77 heavy (non-hydrogen) atoms. The monoisotopic (exact) mass is 1080 g/mol. The Labute approximate surface area is 479 Å². The predicted molar refractivity (Wildman–Crippen MR) is 335 cm³/mol. The molecule has 0 aromatic rings.